The van der Waals surface area contributed by atoms with Crippen molar-refractivity contribution < 1.29 is 0 Å². The Hall–Kier alpha value is -1.25. The normalized spacial score (nSPS) is 20.4. The summed E-state index contributed by atoms with van der Waals surface area (Å²) in [6, 6.07) is 20.2. The second kappa shape index (κ2) is 7.15. The average Bonchev–Trinajstić information content (AvgIpc) is 2.89. The summed E-state index contributed by atoms with van der Waals surface area (Å²) in [7, 11) is 0. The molecular weight excluding hydrogens is 274 g/mol. The molecule has 2 atom stereocenters. The largest absolute Gasteiger partial charge is 0.309 e. The van der Waals surface area contributed by atoms with Crippen LogP contribution >= 0.6 is 11.8 Å². The van der Waals surface area contributed by atoms with Crippen molar-refractivity contribution in [2.24, 2.45) is 0 Å². The van der Waals surface area contributed by atoms with E-state index < -0.39 is 0 Å². The second-order valence-electron chi connectivity index (χ2n) is 5.67. The van der Waals surface area contributed by atoms with Crippen molar-refractivity contribution in [1.29, 1.82) is 0 Å². The quantitative estimate of drug-likeness (QED) is 0.837. The lowest BCUT2D eigenvalue weighted by atomic mass is 10.1. The minimum Gasteiger partial charge on any atom is -0.309 e. The first kappa shape index (κ1) is 14.7. The lowest BCUT2D eigenvalue weighted by molar-refractivity contribution is 0.539. The molecule has 0 heterocycles. The molecule has 2 aromatic rings. The lowest BCUT2D eigenvalue weighted by Crippen LogP contribution is -2.27. The maximum absolute atomic E-state index is 3.75. The van der Waals surface area contributed by atoms with Gasteiger partial charge in [0, 0.05) is 17.0 Å². The van der Waals surface area contributed by atoms with E-state index in [4.69, 9.17) is 0 Å². The second-order valence-corrected chi connectivity index (χ2v) is 6.90. The van der Waals surface area contributed by atoms with Gasteiger partial charge >= 0.3 is 0 Å². The highest BCUT2D eigenvalue weighted by Gasteiger charge is 2.31. The zero-order chi connectivity index (χ0) is 14.5. The lowest BCUT2D eigenvalue weighted by Gasteiger charge is -2.21. The molecule has 1 aliphatic carbocycles. The summed E-state index contributed by atoms with van der Waals surface area (Å²) in [5, 5.41) is 4.40. The predicted molar refractivity (Wildman–Crippen MR) is 92.7 cm³/mol. The van der Waals surface area contributed by atoms with Crippen LogP contribution in [0, 0.1) is 0 Å². The van der Waals surface area contributed by atoms with Gasteiger partial charge in [0.1, 0.15) is 0 Å². The van der Waals surface area contributed by atoms with Gasteiger partial charge in [-0.15, -0.1) is 0 Å². The van der Waals surface area contributed by atoms with Crippen LogP contribution in [0.2, 0.25) is 0 Å². The summed E-state index contributed by atoms with van der Waals surface area (Å²) in [4.78, 5) is 0. The van der Waals surface area contributed by atoms with Crippen molar-refractivity contribution in [2.45, 2.75) is 36.8 Å². The monoisotopic (exact) mass is 297 g/mol. The standard InChI is InChI=1S/C19H23NS/c1-2-12-20-19-17-11-7-6-10-16(17)13-18(19)21-14-15-8-4-3-5-9-15/h3-11,18-20H,2,12-14H2,1H3. The first-order valence-electron chi connectivity index (χ1n) is 7.85. The molecule has 3 rings (SSSR count). The molecule has 1 aliphatic rings. The molecule has 1 N–H and O–H groups in total. The number of thioether (sulfide) groups is 1. The number of hydrogen-bond donors (Lipinski definition) is 1. The molecule has 0 aromatic heterocycles. The van der Waals surface area contributed by atoms with E-state index in [0.29, 0.717) is 11.3 Å². The first-order chi connectivity index (χ1) is 10.4. The molecule has 0 saturated heterocycles. The third-order valence-electron chi connectivity index (χ3n) is 4.10. The first-order valence-corrected chi connectivity index (χ1v) is 8.90. The number of hydrogen-bond acceptors (Lipinski definition) is 2. The smallest absolute Gasteiger partial charge is 0.0446 e. The fraction of sp³-hybridized carbons (Fsp3) is 0.368. The zero-order valence-electron chi connectivity index (χ0n) is 12.6. The Morgan fingerprint density at radius 2 is 1.81 bits per heavy atom. The number of rotatable bonds is 6. The minimum atomic E-state index is 0.509. The van der Waals surface area contributed by atoms with Gasteiger partial charge in [-0.25, -0.2) is 0 Å². The van der Waals surface area contributed by atoms with Crippen molar-refractivity contribution in [3.8, 4) is 0 Å². The molecule has 0 fully saturated rings. The highest BCUT2D eigenvalue weighted by atomic mass is 32.2. The van der Waals surface area contributed by atoms with Crippen LogP contribution in [0.1, 0.15) is 36.1 Å². The molecule has 0 spiro atoms. The van der Waals surface area contributed by atoms with Crippen molar-refractivity contribution >= 4 is 11.8 Å². The Morgan fingerprint density at radius 1 is 1.05 bits per heavy atom. The molecule has 21 heavy (non-hydrogen) atoms. The summed E-state index contributed by atoms with van der Waals surface area (Å²) in [6.07, 6.45) is 2.38. The van der Waals surface area contributed by atoms with E-state index in [9.17, 15) is 0 Å². The Morgan fingerprint density at radius 3 is 2.62 bits per heavy atom. The van der Waals surface area contributed by atoms with Gasteiger partial charge in [-0.05, 0) is 36.1 Å². The van der Waals surface area contributed by atoms with Crippen molar-refractivity contribution in [3.63, 3.8) is 0 Å². The Labute approximate surface area is 132 Å². The third kappa shape index (κ3) is 3.50. The molecule has 0 bridgehead atoms. The topological polar surface area (TPSA) is 12.0 Å². The van der Waals surface area contributed by atoms with E-state index in [1.54, 1.807) is 0 Å². The van der Waals surface area contributed by atoms with Gasteiger partial charge in [0.25, 0.3) is 0 Å². The fourth-order valence-electron chi connectivity index (χ4n) is 3.03. The van der Waals surface area contributed by atoms with E-state index in [1.807, 2.05) is 0 Å². The van der Waals surface area contributed by atoms with Gasteiger partial charge in [0.05, 0.1) is 0 Å². The molecule has 2 unspecified atom stereocenters. The summed E-state index contributed by atoms with van der Waals surface area (Å²) in [6.45, 7) is 3.33. The summed E-state index contributed by atoms with van der Waals surface area (Å²) in [5.74, 6) is 1.10. The highest BCUT2D eigenvalue weighted by Crippen LogP contribution is 2.39. The van der Waals surface area contributed by atoms with Crippen LogP contribution in [0.5, 0.6) is 0 Å². The number of fused-ring (bicyclic) bond motifs is 1. The summed E-state index contributed by atoms with van der Waals surface area (Å²) in [5.41, 5.74) is 4.46. The fourth-order valence-corrected chi connectivity index (χ4v) is 4.36. The van der Waals surface area contributed by atoms with Gasteiger partial charge < -0.3 is 5.32 Å². The SMILES string of the molecule is CCCNC1c2ccccc2CC1SCc1ccccc1. The number of nitrogens with one attached hydrogen (secondary N) is 1. The van der Waals surface area contributed by atoms with Crippen LogP contribution in [-0.4, -0.2) is 11.8 Å². The molecule has 0 radical (unpaired) electrons. The molecule has 110 valence electrons. The van der Waals surface area contributed by atoms with Crippen LogP contribution < -0.4 is 5.32 Å². The molecule has 2 aromatic carbocycles. The number of benzene rings is 2. The van der Waals surface area contributed by atoms with Crippen molar-refractivity contribution in [1.82, 2.24) is 5.32 Å². The van der Waals surface area contributed by atoms with Crippen LogP contribution in [0.4, 0.5) is 0 Å². The van der Waals surface area contributed by atoms with Crippen molar-refractivity contribution in [2.75, 3.05) is 6.54 Å². The zero-order valence-corrected chi connectivity index (χ0v) is 13.4. The molecule has 1 nitrogen and oxygen atoms in total. The third-order valence-corrected chi connectivity index (χ3v) is 5.47. The van der Waals surface area contributed by atoms with Crippen LogP contribution in [-0.2, 0) is 12.2 Å². The van der Waals surface area contributed by atoms with Crippen molar-refractivity contribution in [3.05, 3.63) is 71.3 Å². The molecule has 0 amide bonds. The van der Waals surface area contributed by atoms with E-state index in [0.717, 1.165) is 12.3 Å². The van der Waals surface area contributed by atoms with Crippen LogP contribution in [0.25, 0.3) is 0 Å². The molecule has 0 aliphatic heterocycles. The van der Waals surface area contributed by atoms with Gasteiger partial charge in [0.2, 0.25) is 0 Å². The van der Waals surface area contributed by atoms with E-state index in [2.05, 4.69) is 78.6 Å². The van der Waals surface area contributed by atoms with Gasteiger partial charge in [-0.3, -0.25) is 0 Å². The van der Waals surface area contributed by atoms with Gasteiger partial charge in [-0.2, -0.15) is 11.8 Å². The van der Waals surface area contributed by atoms with Crippen LogP contribution in [0.3, 0.4) is 0 Å². The molecule has 0 saturated carbocycles. The highest BCUT2D eigenvalue weighted by molar-refractivity contribution is 7.99. The van der Waals surface area contributed by atoms with E-state index in [-0.39, 0.29) is 0 Å². The van der Waals surface area contributed by atoms with E-state index in [1.165, 1.54) is 29.5 Å². The minimum absolute atomic E-state index is 0.509. The molecular formula is C19H23NS. The Balaban J connectivity index is 1.69. The van der Waals surface area contributed by atoms with Crippen LogP contribution in [0.15, 0.2) is 54.6 Å². The van der Waals surface area contributed by atoms with Gasteiger partial charge in [0.15, 0.2) is 0 Å². The van der Waals surface area contributed by atoms with Gasteiger partial charge in [-0.1, -0.05) is 61.5 Å². The molecule has 2 heteroatoms. The maximum Gasteiger partial charge on any atom is 0.0446 e. The van der Waals surface area contributed by atoms with E-state index >= 15 is 0 Å². The summed E-state index contributed by atoms with van der Waals surface area (Å²) >= 11 is 2.09. The predicted octanol–water partition coefficient (Wildman–Crippen LogP) is 4.59. The Bertz CT molecular complexity index is 567. The summed E-state index contributed by atoms with van der Waals surface area (Å²) < 4.78 is 0. The Kier molecular flexibility index (Phi) is 5.00. The maximum atomic E-state index is 3.75. The average molecular weight is 297 g/mol.